The third-order valence-electron chi connectivity index (χ3n) is 4.04. The van der Waals surface area contributed by atoms with E-state index in [9.17, 15) is 9.90 Å². The summed E-state index contributed by atoms with van der Waals surface area (Å²) in [5.41, 5.74) is 1.13. The lowest BCUT2D eigenvalue weighted by Gasteiger charge is -2.28. The molecule has 3 heteroatoms. The molecular weight excluding hydrogens is 288 g/mol. The fraction of sp³-hybridized carbons (Fsp3) is 0.650. The number of phenols is 1. The van der Waals surface area contributed by atoms with Crippen molar-refractivity contribution in [2.45, 2.75) is 79.1 Å². The number of phenolic OH excluding ortho intramolecular Hbond substituents is 1. The van der Waals surface area contributed by atoms with Crippen molar-refractivity contribution in [1.29, 1.82) is 0 Å². The lowest BCUT2D eigenvalue weighted by atomic mass is 9.79. The third kappa shape index (κ3) is 4.98. The summed E-state index contributed by atoms with van der Waals surface area (Å²) in [5.74, 6) is 0.485. The lowest BCUT2D eigenvalue weighted by Crippen LogP contribution is -2.20. The molecule has 23 heavy (non-hydrogen) atoms. The second-order valence-corrected chi connectivity index (χ2v) is 8.48. The summed E-state index contributed by atoms with van der Waals surface area (Å²) in [6.45, 7) is 16.2. The number of esters is 1. The summed E-state index contributed by atoms with van der Waals surface area (Å²) in [7, 11) is 0. The fourth-order valence-electron chi connectivity index (χ4n) is 2.58. The van der Waals surface area contributed by atoms with E-state index in [2.05, 4.69) is 6.92 Å². The number of benzene rings is 1. The number of hydrogen-bond acceptors (Lipinski definition) is 3. The first kappa shape index (κ1) is 19.5. The number of hydrogen-bond donors (Lipinski definition) is 1. The molecule has 0 fully saturated rings. The Morgan fingerprint density at radius 2 is 1.52 bits per heavy atom. The van der Waals surface area contributed by atoms with Crippen molar-refractivity contribution in [3.63, 3.8) is 0 Å². The maximum absolute atomic E-state index is 12.2. The molecule has 0 aliphatic heterocycles. The van der Waals surface area contributed by atoms with Crippen molar-refractivity contribution in [2.24, 2.45) is 5.92 Å². The van der Waals surface area contributed by atoms with Crippen LogP contribution in [0.1, 0.15) is 79.4 Å². The quantitative estimate of drug-likeness (QED) is 0.602. The van der Waals surface area contributed by atoms with Crippen molar-refractivity contribution in [3.05, 3.63) is 23.3 Å². The van der Waals surface area contributed by atoms with Crippen LogP contribution in [-0.4, -0.2) is 11.1 Å². The molecule has 0 saturated heterocycles. The third-order valence-corrected chi connectivity index (χ3v) is 4.04. The minimum atomic E-state index is -0.235. The highest BCUT2D eigenvalue weighted by Crippen LogP contribution is 2.41. The van der Waals surface area contributed by atoms with Gasteiger partial charge in [-0.1, -0.05) is 61.8 Å². The number of carbonyl (C=O) groups is 1. The van der Waals surface area contributed by atoms with Crippen molar-refractivity contribution in [2.75, 3.05) is 0 Å². The largest absolute Gasteiger partial charge is 0.507 e. The molecule has 130 valence electrons. The molecule has 1 rings (SSSR count). The predicted octanol–water partition coefficient (Wildman–Crippen LogP) is 5.33. The molecule has 3 nitrogen and oxygen atoms in total. The van der Waals surface area contributed by atoms with Crippen LogP contribution in [0.25, 0.3) is 0 Å². The van der Waals surface area contributed by atoms with E-state index >= 15 is 0 Å². The first-order chi connectivity index (χ1) is 10.4. The van der Waals surface area contributed by atoms with E-state index in [1.165, 1.54) is 0 Å². The standard InChI is InChI=1S/C20H32O3/c1-9-10-13(2)18(22)23-14-11-15(19(3,4)5)17(21)16(12-14)20(6,7)8/h11-13,21H,9-10H2,1-8H3. The summed E-state index contributed by atoms with van der Waals surface area (Å²) >= 11 is 0. The Hall–Kier alpha value is -1.51. The highest BCUT2D eigenvalue weighted by molar-refractivity contribution is 5.75. The van der Waals surface area contributed by atoms with Crippen molar-refractivity contribution >= 4 is 5.97 Å². The Bertz CT molecular complexity index is 524. The van der Waals surface area contributed by atoms with Crippen LogP contribution in [0.3, 0.4) is 0 Å². The second-order valence-electron chi connectivity index (χ2n) is 8.48. The number of carbonyl (C=O) groups excluding carboxylic acids is 1. The molecule has 1 unspecified atom stereocenters. The van der Waals surface area contributed by atoms with Crippen molar-refractivity contribution in [3.8, 4) is 11.5 Å². The molecule has 0 spiro atoms. The number of ether oxygens (including phenoxy) is 1. The van der Waals surface area contributed by atoms with Crippen LogP contribution >= 0.6 is 0 Å². The van der Waals surface area contributed by atoms with Gasteiger partial charge >= 0.3 is 5.97 Å². The Balaban J connectivity index is 3.31. The topological polar surface area (TPSA) is 46.5 Å². The minimum Gasteiger partial charge on any atom is -0.507 e. The number of aromatic hydroxyl groups is 1. The molecule has 1 atom stereocenters. The van der Waals surface area contributed by atoms with Gasteiger partial charge in [0.05, 0.1) is 5.92 Å². The summed E-state index contributed by atoms with van der Waals surface area (Å²) in [6.07, 6.45) is 1.77. The van der Waals surface area contributed by atoms with Gasteiger partial charge in [-0.3, -0.25) is 4.79 Å². The maximum atomic E-state index is 12.2. The molecule has 1 aromatic rings. The first-order valence-corrected chi connectivity index (χ1v) is 8.47. The summed E-state index contributed by atoms with van der Waals surface area (Å²) in [4.78, 5) is 12.2. The average Bonchev–Trinajstić information content (AvgIpc) is 2.38. The molecule has 0 saturated carbocycles. The average molecular weight is 320 g/mol. The van der Waals surface area contributed by atoms with Crippen LogP contribution in [0, 0.1) is 5.92 Å². The Morgan fingerprint density at radius 3 is 1.87 bits per heavy atom. The molecule has 0 aromatic heterocycles. The predicted molar refractivity (Wildman–Crippen MR) is 95.2 cm³/mol. The molecule has 0 radical (unpaired) electrons. The van der Waals surface area contributed by atoms with E-state index in [0.717, 1.165) is 24.0 Å². The van der Waals surface area contributed by atoms with Gasteiger partial charge in [0.15, 0.2) is 0 Å². The summed E-state index contributed by atoms with van der Waals surface area (Å²) in [5, 5.41) is 10.7. The monoisotopic (exact) mass is 320 g/mol. The van der Waals surface area contributed by atoms with Gasteiger partial charge in [0.25, 0.3) is 0 Å². The zero-order valence-electron chi connectivity index (χ0n) is 15.9. The molecule has 1 N–H and O–H groups in total. The Labute approximate surface area is 141 Å². The van der Waals surface area contributed by atoms with Crippen LogP contribution in [0.5, 0.6) is 11.5 Å². The van der Waals surface area contributed by atoms with E-state index in [1.807, 2.05) is 48.5 Å². The van der Waals surface area contributed by atoms with Crippen molar-refractivity contribution in [1.82, 2.24) is 0 Å². The van der Waals surface area contributed by atoms with Gasteiger partial charge in [0.2, 0.25) is 0 Å². The molecule has 0 bridgehead atoms. The molecule has 0 aliphatic rings. The SMILES string of the molecule is CCCC(C)C(=O)Oc1cc(C(C)(C)C)c(O)c(C(C)(C)C)c1. The normalized spacial score (nSPS) is 13.7. The second kappa shape index (κ2) is 6.94. The molecule has 0 amide bonds. The molecule has 0 aliphatic carbocycles. The van der Waals surface area contributed by atoms with Crippen LogP contribution < -0.4 is 4.74 Å². The van der Waals surface area contributed by atoms with Gasteiger partial charge in [-0.2, -0.15) is 0 Å². The highest BCUT2D eigenvalue weighted by atomic mass is 16.5. The Morgan fingerprint density at radius 1 is 1.09 bits per heavy atom. The van der Waals surface area contributed by atoms with Gasteiger partial charge in [0.1, 0.15) is 11.5 Å². The highest BCUT2D eigenvalue weighted by Gasteiger charge is 2.27. The molecular formula is C20H32O3. The first-order valence-electron chi connectivity index (χ1n) is 8.47. The van der Waals surface area contributed by atoms with Gasteiger partial charge in [-0.25, -0.2) is 0 Å². The zero-order chi connectivity index (χ0) is 18.0. The van der Waals surface area contributed by atoms with E-state index < -0.39 is 0 Å². The van der Waals surface area contributed by atoms with Crippen LogP contribution in [0.15, 0.2) is 12.1 Å². The minimum absolute atomic E-state index is 0.120. The summed E-state index contributed by atoms with van der Waals surface area (Å²) < 4.78 is 5.61. The van der Waals surface area contributed by atoms with E-state index in [-0.39, 0.29) is 22.7 Å². The van der Waals surface area contributed by atoms with Gasteiger partial charge in [-0.05, 0) is 29.4 Å². The lowest BCUT2D eigenvalue weighted by molar-refractivity contribution is -0.138. The van der Waals surface area contributed by atoms with Gasteiger partial charge in [0, 0.05) is 11.1 Å². The molecule has 0 heterocycles. The zero-order valence-corrected chi connectivity index (χ0v) is 15.9. The Kier molecular flexibility index (Phi) is 5.89. The fourth-order valence-corrected chi connectivity index (χ4v) is 2.58. The smallest absolute Gasteiger partial charge is 0.314 e. The summed E-state index contributed by atoms with van der Waals surface area (Å²) in [6, 6.07) is 3.59. The van der Waals surface area contributed by atoms with Crippen LogP contribution in [0.4, 0.5) is 0 Å². The van der Waals surface area contributed by atoms with Gasteiger partial charge in [-0.15, -0.1) is 0 Å². The van der Waals surface area contributed by atoms with E-state index in [0.29, 0.717) is 11.5 Å². The number of rotatable bonds is 4. The van der Waals surface area contributed by atoms with E-state index in [1.54, 1.807) is 12.1 Å². The maximum Gasteiger partial charge on any atom is 0.314 e. The van der Waals surface area contributed by atoms with Crippen LogP contribution in [0.2, 0.25) is 0 Å². The van der Waals surface area contributed by atoms with Crippen molar-refractivity contribution < 1.29 is 14.6 Å². The molecule has 1 aromatic carbocycles. The van der Waals surface area contributed by atoms with E-state index in [4.69, 9.17) is 4.74 Å². The van der Waals surface area contributed by atoms with Crippen LogP contribution in [-0.2, 0) is 15.6 Å². The van der Waals surface area contributed by atoms with Gasteiger partial charge < -0.3 is 9.84 Å².